The van der Waals surface area contributed by atoms with Crippen LogP contribution in [0, 0.1) is 5.92 Å². The standard InChI is InChI=1S/C23H20BrN5O3/c1-14(2)20(23-28-21(29-32-23)15-8-10-25-11-9-15)27-22(30)16-6-7-19(26-13-16)31-18-5-3-4-17(24)12-18/h3-14,20H,1-2H3,(H,27,30). The van der Waals surface area contributed by atoms with E-state index in [1.54, 1.807) is 36.7 Å². The first-order valence-electron chi connectivity index (χ1n) is 9.94. The van der Waals surface area contributed by atoms with Gasteiger partial charge in [-0.15, -0.1) is 0 Å². The molecule has 32 heavy (non-hydrogen) atoms. The molecule has 4 rings (SSSR count). The minimum atomic E-state index is -0.455. The van der Waals surface area contributed by atoms with Gasteiger partial charge in [0.2, 0.25) is 17.6 Å². The highest BCUT2D eigenvalue weighted by atomic mass is 79.9. The second-order valence-corrected chi connectivity index (χ2v) is 8.25. The Bertz CT molecular complexity index is 1200. The van der Waals surface area contributed by atoms with Gasteiger partial charge in [0.1, 0.15) is 11.8 Å². The van der Waals surface area contributed by atoms with E-state index in [0.29, 0.717) is 28.9 Å². The van der Waals surface area contributed by atoms with Crippen molar-refractivity contribution in [2.45, 2.75) is 19.9 Å². The summed E-state index contributed by atoms with van der Waals surface area (Å²) in [5.41, 5.74) is 1.18. The number of amides is 1. The number of rotatable bonds is 7. The Balaban J connectivity index is 1.46. The van der Waals surface area contributed by atoms with Crippen LogP contribution in [0.15, 0.2) is 76.1 Å². The van der Waals surface area contributed by atoms with Crippen LogP contribution in [0.5, 0.6) is 11.6 Å². The van der Waals surface area contributed by atoms with E-state index in [2.05, 4.69) is 41.4 Å². The Morgan fingerprint density at radius 3 is 2.62 bits per heavy atom. The fourth-order valence-electron chi connectivity index (χ4n) is 2.94. The molecule has 1 aromatic carbocycles. The Morgan fingerprint density at radius 1 is 1.12 bits per heavy atom. The molecule has 1 amide bonds. The predicted molar refractivity (Wildman–Crippen MR) is 121 cm³/mol. The van der Waals surface area contributed by atoms with Crippen molar-refractivity contribution in [2.75, 3.05) is 0 Å². The minimum absolute atomic E-state index is 0.0248. The van der Waals surface area contributed by atoms with Gasteiger partial charge < -0.3 is 14.6 Å². The van der Waals surface area contributed by atoms with Crippen LogP contribution in [0.1, 0.15) is 36.1 Å². The average Bonchev–Trinajstić information content (AvgIpc) is 3.28. The van der Waals surface area contributed by atoms with Crippen molar-refractivity contribution >= 4 is 21.8 Å². The molecule has 0 radical (unpaired) electrons. The van der Waals surface area contributed by atoms with E-state index in [1.807, 2.05) is 38.1 Å². The van der Waals surface area contributed by atoms with Crippen LogP contribution >= 0.6 is 15.9 Å². The van der Waals surface area contributed by atoms with Crippen molar-refractivity contribution in [3.63, 3.8) is 0 Å². The number of hydrogen-bond acceptors (Lipinski definition) is 7. The maximum absolute atomic E-state index is 12.8. The van der Waals surface area contributed by atoms with Crippen molar-refractivity contribution in [2.24, 2.45) is 5.92 Å². The third kappa shape index (κ3) is 5.17. The number of carbonyl (C=O) groups excluding carboxylic acids is 1. The van der Waals surface area contributed by atoms with Crippen LogP contribution in [0.2, 0.25) is 0 Å². The number of hydrogen-bond donors (Lipinski definition) is 1. The first-order chi connectivity index (χ1) is 15.5. The van der Waals surface area contributed by atoms with Gasteiger partial charge >= 0.3 is 0 Å². The summed E-state index contributed by atoms with van der Waals surface area (Å²) in [4.78, 5) is 25.5. The quantitative estimate of drug-likeness (QED) is 0.376. The normalized spacial score (nSPS) is 11.9. The monoisotopic (exact) mass is 493 g/mol. The molecule has 9 heteroatoms. The number of nitrogens with one attached hydrogen (secondary N) is 1. The Kier molecular flexibility index (Phi) is 6.55. The van der Waals surface area contributed by atoms with E-state index in [4.69, 9.17) is 9.26 Å². The molecule has 3 aromatic heterocycles. The van der Waals surface area contributed by atoms with Gasteiger partial charge in [0, 0.05) is 34.7 Å². The molecular weight excluding hydrogens is 474 g/mol. The molecule has 0 bridgehead atoms. The topological polar surface area (TPSA) is 103 Å². The molecule has 8 nitrogen and oxygen atoms in total. The van der Waals surface area contributed by atoms with E-state index in [-0.39, 0.29) is 11.8 Å². The molecule has 0 saturated carbocycles. The first kappa shape index (κ1) is 21.6. The zero-order chi connectivity index (χ0) is 22.5. The van der Waals surface area contributed by atoms with Crippen LogP contribution in [0.3, 0.4) is 0 Å². The summed E-state index contributed by atoms with van der Waals surface area (Å²) in [7, 11) is 0. The van der Waals surface area contributed by atoms with E-state index >= 15 is 0 Å². The van der Waals surface area contributed by atoms with Crippen molar-refractivity contribution in [3.05, 3.63) is 83.0 Å². The lowest BCUT2D eigenvalue weighted by Gasteiger charge is -2.18. The fourth-order valence-corrected chi connectivity index (χ4v) is 3.32. The second kappa shape index (κ2) is 9.69. The number of ether oxygens (including phenoxy) is 1. The highest BCUT2D eigenvalue weighted by Crippen LogP contribution is 2.25. The minimum Gasteiger partial charge on any atom is -0.439 e. The highest BCUT2D eigenvalue weighted by molar-refractivity contribution is 9.10. The van der Waals surface area contributed by atoms with Crippen LogP contribution in [0.4, 0.5) is 0 Å². The van der Waals surface area contributed by atoms with Gasteiger partial charge in [0.25, 0.3) is 5.91 Å². The number of halogens is 1. The zero-order valence-electron chi connectivity index (χ0n) is 17.4. The molecule has 0 saturated heterocycles. The molecule has 0 fully saturated rings. The highest BCUT2D eigenvalue weighted by Gasteiger charge is 2.25. The van der Waals surface area contributed by atoms with Crippen LogP contribution in [-0.2, 0) is 0 Å². The summed E-state index contributed by atoms with van der Waals surface area (Å²) < 4.78 is 12.1. The van der Waals surface area contributed by atoms with Crippen LogP contribution in [0.25, 0.3) is 11.4 Å². The molecule has 1 unspecified atom stereocenters. The lowest BCUT2D eigenvalue weighted by molar-refractivity contribution is 0.0913. The molecule has 0 spiro atoms. The van der Waals surface area contributed by atoms with Gasteiger partial charge in [-0.2, -0.15) is 4.98 Å². The number of pyridine rings is 2. The van der Waals surface area contributed by atoms with Gasteiger partial charge in [0.05, 0.1) is 5.56 Å². The largest absolute Gasteiger partial charge is 0.439 e. The SMILES string of the molecule is CC(C)C(NC(=O)c1ccc(Oc2cccc(Br)c2)nc1)c1nc(-c2ccncc2)no1. The van der Waals surface area contributed by atoms with E-state index < -0.39 is 6.04 Å². The van der Waals surface area contributed by atoms with E-state index in [0.717, 1.165) is 10.0 Å². The van der Waals surface area contributed by atoms with Gasteiger partial charge in [-0.05, 0) is 42.3 Å². The lowest BCUT2D eigenvalue weighted by atomic mass is 10.0. The van der Waals surface area contributed by atoms with Crippen LogP contribution in [-0.4, -0.2) is 26.0 Å². The number of aromatic nitrogens is 4. The maximum atomic E-state index is 12.8. The molecule has 0 aliphatic heterocycles. The summed E-state index contributed by atoms with van der Waals surface area (Å²) in [5.74, 6) is 1.54. The number of carbonyl (C=O) groups is 1. The van der Waals surface area contributed by atoms with Gasteiger partial charge in [-0.1, -0.05) is 41.0 Å². The molecule has 4 aromatic rings. The zero-order valence-corrected chi connectivity index (χ0v) is 19.0. The Hall–Kier alpha value is -3.59. The smallest absolute Gasteiger partial charge is 0.253 e. The van der Waals surface area contributed by atoms with Gasteiger partial charge in [-0.25, -0.2) is 4.98 Å². The lowest BCUT2D eigenvalue weighted by Crippen LogP contribution is -2.32. The van der Waals surface area contributed by atoms with Crippen molar-refractivity contribution in [1.29, 1.82) is 0 Å². The molecule has 162 valence electrons. The van der Waals surface area contributed by atoms with Crippen LogP contribution < -0.4 is 10.1 Å². The summed E-state index contributed by atoms with van der Waals surface area (Å²) in [6.45, 7) is 3.93. The fraction of sp³-hybridized carbons (Fsp3) is 0.174. The van der Waals surface area contributed by atoms with Gasteiger partial charge in [0.15, 0.2) is 0 Å². The molecule has 0 aliphatic carbocycles. The molecule has 3 heterocycles. The Morgan fingerprint density at radius 2 is 1.94 bits per heavy atom. The van der Waals surface area contributed by atoms with E-state index in [9.17, 15) is 4.79 Å². The third-order valence-corrected chi connectivity index (χ3v) is 5.11. The van der Waals surface area contributed by atoms with Crippen molar-refractivity contribution < 1.29 is 14.1 Å². The summed E-state index contributed by atoms with van der Waals surface area (Å²) in [5, 5.41) is 6.99. The Labute approximate surface area is 193 Å². The average molecular weight is 494 g/mol. The summed E-state index contributed by atoms with van der Waals surface area (Å²) in [6.07, 6.45) is 4.78. The molecular formula is C23H20BrN5O3. The number of benzene rings is 1. The number of nitrogens with zero attached hydrogens (tertiary/aromatic N) is 4. The first-order valence-corrected chi connectivity index (χ1v) is 10.7. The predicted octanol–water partition coefficient (Wildman–Crippen LogP) is 5.21. The third-order valence-electron chi connectivity index (χ3n) is 4.62. The molecule has 1 N–H and O–H groups in total. The van der Waals surface area contributed by atoms with Gasteiger partial charge in [-0.3, -0.25) is 9.78 Å². The second-order valence-electron chi connectivity index (χ2n) is 7.33. The van der Waals surface area contributed by atoms with E-state index in [1.165, 1.54) is 6.20 Å². The molecule has 0 aliphatic rings. The van der Waals surface area contributed by atoms with Crippen molar-refractivity contribution in [1.82, 2.24) is 25.4 Å². The maximum Gasteiger partial charge on any atom is 0.253 e. The summed E-state index contributed by atoms with van der Waals surface area (Å²) in [6, 6.07) is 13.9. The molecule has 1 atom stereocenters. The summed E-state index contributed by atoms with van der Waals surface area (Å²) >= 11 is 3.40. The van der Waals surface area contributed by atoms with Crippen molar-refractivity contribution in [3.8, 4) is 23.0 Å².